The summed E-state index contributed by atoms with van der Waals surface area (Å²) in [6.07, 6.45) is 8.49. The molecule has 91 valence electrons. The SMILES string of the molecule is [CH2]C1(CNC(=O)N(C)C2CC2)CCCCC1. The van der Waals surface area contributed by atoms with Crippen LogP contribution in [0.5, 0.6) is 0 Å². The lowest BCUT2D eigenvalue weighted by Crippen LogP contribution is -2.44. The summed E-state index contributed by atoms with van der Waals surface area (Å²) in [7, 11) is 1.89. The van der Waals surface area contributed by atoms with E-state index in [1.165, 1.54) is 32.1 Å². The first-order chi connectivity index (χ1) is 7.61. The third-order valence-corrected chi connectivity index (χ3v) is 3.94. The molecule has 3 heteroatoms. The summed E-state index contributed by atoms with van der Waals surface area (Å²) >= 11 is 0. The van der Waals surface area contributed by atoms with Gasteiger partial charge in [-0.05, 0) is 38.0 Å². The molecule has 0 aromatic heterocycles. The average Bonchev–Trinajstić information content (AvgIpc) is 3.10. The third kappa shape index (κ3) is 2.89. The van der Waals surface area contributed by atoms with Crippen molar-refractivity contribution in [3.05, 3.63) is 6.92 Å². The van der Waals surface area contributed by atoms with E-state index in [-0.39, 0.29) is 11.4 Å². The van der Waals surface area contributed by atoms with E-state index >= 15 is 0 Å². The van der Waals surface area contributed by atoms with Gasteiger partial charge in [0.15, 0.2) is 0 Å². The van der Waals surface area contributed by atoms with Crippen LogP contribution in [0.2, 0.25) is 0 Å². The van der Waals surface area contributed by atoms with Gasteiger partial charge in [0.05, 0.1) is 0 Å². The predicted octanol–water partition coefficient (Wildman–Crippen LogP) is 2.57. The molecule has 2 amide bonds. The van der Waals surface area contributed by atoms with Crippen LogP contribution in [0, 0.1) is 12.3 Å². The molecule has 0 aromatic carbocycles. The molecule has 2 aliphatic carbocycles. The van der Waals surface area contributed by atoms with Gasteiger partial charge in [-0.3, -0.25) is 0 Å². The van der Waals surface area contributed by atoms with Crippen molar-refractivity contribution in [2.45, 2.75) is 51.0 Å². The maximum absolute atomic E-state index is 11.8. The van der Waals surface area contributed by atoms with Gasteiger partial charge in [-0.15, -0.1) is 0 Å². The summed E-state index contributed by atoms with van der Waals surface area (Å²) in [6.45, 7) is 5.03. The Morgan fingerprint density at radius 3 is 2.56 bits per heavy atom. The lowest BCUT2D eigenvalue weighted by Gasteiger charge is -2.34. The number of urea groups is 1. The summed E-state index contributed by atoms with van der Waals surface area (Å²) in [4.78, 5) is 13.6. The van der Waals surface area contributed by atoms with Crippen LogP contribution in [0.3, 0.4) is 0 Å². The van der Waals surface area contributed by atoms with Crippen LogP contribution in [-0.4, -0.2) is 30.6 Å². The van der Waals surface area contributed by atoms with Crippen LogP contribution < -0.4 is 5.32 Å². The Morgan fingerprint density at radius 2 is 2.00 bits per heavy atom. The lowest BCUT2D eigenvalue weighted by molar-refractivity contribution is 0.192. The Balaban J connectivity index is 1.74. The van der Waals surface area contributed by atoms with Gasteiger partial charge < -0.3 is 10.2 Å². The van der Waals surface area contributed by atoms with Crippen LogP contribution in [0.25, 0.3) is 0 Å². The first-order valence-electron chi connectivity index (χ1n) is 6.47. The van der Waals surface area contributed by atoms with Crippen molar-refractivity contribution in [1.82, 2.24) is 10.2 Å². The van der Waals surface area contributed by atoms with Crippen molar-refractivity contribution in [1.29, 1.82) is 0 Å². The summed E-state index contributed by atoms with van der Waals surface area (Å²) < 4.78 is 0. The smallest absolute Gasteiger partial charge is 0.317 e. The van der Waals surface area contributed by atoms with Crippen molar-refractivity contribution < 1.29 is 4.79 Å². The number of nitrogens with one attached hydrogen (secondary N) is 1. The van der Waals surface area contributed by atoms with Crippen LogP contribution in [0.4, 0.5) is 4.79 Å². The largest absolute Gasteiger partial charge is 0.337 e. The number of hydrogen-bond acceptors (Lipinski definition) is 1. The molecule has 0 unspecified atom stereocenters. The van der Waals surface area contributed by atoms with E-state index in [4.69, 9.17) is 0 Å². The molecule has 2 saturated carbocycles. The zero-order valence-electron chi connectivity index (χ0n) is 10.3. The molecule has 16 heavy (non-hydrogen) atoms. The van der Waals surface area contributed by atoms with E-state index in [0.717, 1.165) is 19.4 Å². The number of nitrogens with zero attached hydrogens (tertiary/aromatic N) is 1. The molecule has 0 atom stereocenters. The standard InChI is InChI=1S/C13H23N2O/c1-13(8-4-3-5-9-13)10-14-12(16)15(2)11-6-7-11/h11H,1,3-10H2,2H3,(H,14,16). The molecule has 3 nitrogen and oxygen atoms in total. The van der Waals surface area contributed by atoms with Gasteiger partial charge in [0.25, 0.3) is 0 Å². The van der Waals surface area contributed by atoms with Gasteiger partial charge in [0, 0.05) is 19.6 Å². The molecule has 0 saturated heterocycles. The topological polar surface area (TPSA) is 32.3 Å². The minimum atomic E-state index is 0.0797. The van der Waals surface area contributed by atoms with Crippen LogP contribution in [0.1, 0.15) is 44.9 Å². The van der Waals surface area contributed by atoms with Gasteiger partial charge in [-0.2, -0.15) is 0 Å². The minimum Gasteiger partial charge on any atom is -0.337 e. The Kier molecular flexibility index (Phi) is 3.41. The first-order valence-corrected chi connectivity index (χ1v) is 6.47. The van der Waals surface area contributed by atoms with E-state index < -0.39 is 0 Å². The zero-order valence-corrected chi connectivity index (χ0v) is 10.3. The third-order valence-electron chi connectivity index (χ3n) is 3.94. The number of hydrogen-bond donors (Lipinski definition) is 1. The van der Waals surface area contributed by atoms with Crippen molar-refractivity contribution in [3.63, 3.8) is 0 Å². The van der Waals surface area contributed by atoms with E-state index in [0.29, 0.717) is 6.04 Å². The molecule has 0 aliphatic heterocycles. The quantitative estimate of drug-likeness (QED) is 0.783. The number of carbonyl (C=O) groups is 1. The van der Waals surface area contributed by atoms with Gasteiger partial charge in [0.2, 0.25) is 0 Å². The summed E-state index contributed by atoms with van der Waals surface area (Å²) in [5, 5.41) is 3.04. The zero-order chi connectivity index (χ0) is 11.6. The van der Waals surface area contributed by atoms with E-state index in [2.05, 4.69) is 12.2 Å². The Hall–Kier alpha value is -0.730. The summed E-state index contributed by atoms with van der Waals surface area (Å²) in [5.41, 5.74) is 0.0955. The molecule has 2 rings (SSSR count). The summed E-state index contributed by atoms with van der Waals surface area (Å²) in [5.74, 6) is 0. The molecule has 1 N–H and O–H groups in total. The fourth-order valence-corrected chi connectivity index (χ4v) is 2.49. The molecule has 2 aliphatic rings. The Labute approximate surface area is 98.6 Å². The normalized spacial score (nSPS) is 23.9. The van der Waals surface area contributed by atoms with Gasteiger partial charge in [0.1, 0.15) is 0 Å². The predicted molar refractivity (Wildman–Crippen MR) is 65.1 cm³/mol. The fourth-order valence-electron chi connectivity index (χ4n) is 2.49. The monoisotopic (exact) mass is 223 g/mol. The van der Waals surface area contributed by atoms with Crippen LogP contribution >= 0.6 is 0 Å². The van der Waals surface area contributed by atoms with E-state index in [9.17, 15) is 4.79 Å². The van der Waals surface area contributed by atoms with Crippen LogP contribution in [-0.2, 0) is 0 Å². The van der Waals surface area contributed by atoms with Gasteiger partial charge >= 0.3 is 6.03 Å². The number of rotatable bonds is 3. The molecule has 2 fully saturated rings. The highest BCUT2D eigenvalue weighted by atomic mass is 16.2. The van der Waals surface area contributed by atoms with Crippen molar-refractivity contribution in [2.24, 2.45) is 5.41 Å². The maximum atomic E-state index is 11.8. The Bertz CT molecular complexity index is 255. The molecular formula is C13H23N2O. The van der Waals surface area contributed by atoms with E-state index in [1.807, 2.05) is 11.9 Å². The van der Waals surface area contributed by atoms with Gasteiger partial charge in [-0.1, -0.05) is 19.3 Å². The minimum absolute atomic E-state index is 0.0797. The molecule has 0 bridgehead atoms. The summed E-state index contributed by atoms with van der Waals surface area (Å²) in [6, 6.07) is 0.572. The van der Waals surface area contributed by atoms with Crippen LogP contribution in [0.15, 0.2) is 0 Å². The highest BCUT2D eigenvalue weighted by molar-refractivity contribution is 5.74. The second-order valence-electron chi connectivity index (χ2n) is 5.56. The van der Waals surface area contributed by atoms with Crippen molar-refractivity contribution >= 4 is 6.03 Å². The molecule has 0 spiro atoms. The molecular weight excluding hydrogens is 200 g/mol. The van der Waals surface area contributed by atoms with Crippen molar-refractivity contribution in [2.75, 3.05) is 13.6 Å². The second-order valence-corrected chi connectivity index (χ2v) is 5.56. The highest BCUT2D eigenvalue weighted by Crippen LogP contribution is 2.34. The maximum Gasteiger partial charge on any atom is 0.317 e. The number of amides is 2. The number of carbonyl (C=O) groups excluding carboxylic acids is 1. The van der Waals surface area contributed by atoms with E-state index in [1.54, 1.807) is 0 Å². The average molecular weight is 223 g/mol. The second kappa shape index (κ2) is 4.64. The highest BCUT2D eigenvalue weighted by Gasteiger charge is 2.31. The van der Waals surface area contributed by atoms with Gasteiger partial charge in [-0.25, -0.2) is 4.79 Å². The Morgan fingerprint density at radius 1 is 1.38 bits per heavy atom. The molecule has 0 heterocycles. The first kappa shape index (κ1) is 11.7. The van der Waals surface area contributed by atoms with Crippen molar-refractivity contribution in [3.8, 4) is 0 Å². The molecule has 1 radical (unpaired) electrons. The molecule has 0 aromatic rings. The lowest BCUT2D eigenvalue weighted by atomic mass is 9.76. The fraction of sp³-hybridized carbons (Fsp3) is 0.846.